The number of halogens is 1. The molecule has 0 saturated carbocycles. The lowest BCUT2D eigenvalue weighted by atomic mass is 9.72. The van der Waals surface area contributed by atoms with E-state index < -0.39 is 0 Å². The van der Waals surface area contributed by atoms with E-state index in [9.17, 15) is 9.18 Å². The smallest absolute Gasteiger partial charge is 0.273 e. The van der Waals surface area contributed by atoms with Crippen LogP contribution >= 0.6 is 11.3 Å². The summed E-state index contributed by atoms with van der Waals surface area (Å²) in [7, 11) is 0. The molecule has 4 rings (SSSR count). The van der Waals surface area contributed by atoms with Crippen LogP contribution in [0.1, 0.15) is 28.9 Å². The first-order chi connectivity index (χ1) is 11.6. The largest absolute Gasteiger partial charge is 0.336 e. The van der Waals surface area contributed by atoms with Gasteiger partial charge in [0.05, 0.1) is 5.51 Å². The van der Waals surface area contributed by atoms with Gasteiger partial charge in [0.2, 0.25) is 0 Å². The first-order valence-electron chi connectivity index (χ1n) is 8.28. The van der Waals surface area contributed by atoms with Crippen molar-refractivity contribution in [3.8, 4) is 0 Å². The summed E-state index contributed by atoms with van der Waals surface area (Å²) in [6.07, 6.45) is 2.20. The van der Waals surface area contributed by atoms with Crippen molar-refractivity contribution in [2.45, 2.75) is 19.4 Å². The van der Waals surface area contributed by atoms with Gasteiger partial charge in [-0.05, 0) is 43.6 Å². The van der Waals surface area contributed by atoms with Crippen molar-refractivity contribution in [3.05, 3.63) is 52.2 Å². The van der Waals surface area contributed by atoms with E-state index in [0.29, 0.717) is 5.69 Å². The number of rotatable bonds is 3. The van der Waals surface area contributed by atoms with E-state index in [1.807, 2.05) is 16.3 Å². The molecule has 2 aromatic rings. The number of hydrogen-bond acceptors (Lipinski definition) is 4. The summed E-state index contributed by atoms with van der Waals surface area (Å²) in [5, 5.41) is 1.81. The van der Waals surface area contributed by atoms with Crippen molar-refractivity contribution in [2.24, 2.45) is 5.41 Å². The lowest BCUT2D eigenvalue weighted by molar-refractivity contribution is -0.0338. The molecule has 2 fully saturated rings. The summed E-state index contributed by atoms with van der Waals surface area (Å²) < 4.78 is 13.3. The van der Waals surface area contributed by atoms with Crippen LogP contribution in [0, 0.1) is 11.2 Å². The van der Waals surface area contributed by atoms with Gasteiger partial charge >= 0.3 is 0 Å². The van der Waals surface area contributed by atoms with Gasteiger partial charge in [0.15, 0.2) is 0 Å². The molecule has 0 atom stereocenters. The molecule has 126 valence electrons. The Morgan fingerprint density at radius 1 is 1.29 bits per heavy atom. The van der Waals surface area contributed by atoms with Crippen LogP contribution in [-0.4, -0.2) is 46.9 Å². The van der Waals surface area contributed by atoms with Crippen LogP contribution in [-0.2, 0) is 6.54 Å². The second kappa shape index (κ2) is 6.26. The van der Waals surface area contributed by atoms with Crippen molar-refractivity contribution in [1.82, 2.24) is 14.8 Å². The summed E-state index contributed by atoms with van der Waals surface area (Å²) in [6.45, 7) is 4.51. The fourth-order valence-electron chi connectivity index (χ4n) is 3.78. The molecule has 1 aromatic heterocycles. The summed E-state index contributed by atoms with van der Waals surface area (Å²) >= 11 is 1.46. The Kier molecular flexibility index (Phi) is 4.10. The summed E-state index contributed by atoms with van der Waals surface area (Å²) in [6, 6.07) is 6.84. The molecule has 2 aliphatic heterocycles. The molecule has 0 unspecified atom stereocenters. The third kappa shape index (κ3) is 3.08. The Morgan fingerprint density at radius 2 is 2.08 bits per heavy atom. The van der Waals surface area contributed by atoms with Gasteiger partial charge in [-0.1, -0.05) is 12.1 Å². The monoisotopic (exact) mass is 345 g/mol. The van der Waals surface area contributed by atoms with Gasteiger partial charge in [0.1, 0.15) is 11.5 Å². The Morgan fingerprint density at radius 3 is 2.75 bits per heavy atom. The maximum absolute atomic E-state index is 13.3. The molecule has 6 heteroatoms. The number of thiazole rings is 1. The maximum Gasteiger partial charge on any atom is 0.273 e. The Labute approximate surface area is 144 Å². The molecule has 24 heavy (non-hydrogen) atoms. The second-order valence-corrected chi connectivity index (χ2v) is 7.66. The lowest BCUT2D eigenvalue weighted by Crippen LogP contribution is -2.61. The van der Waals surface area contributed by atoms with E-state index in [1.165, 1.54) is 17.4 Å². The highest BCUT2D eigenvalue weighted by Gasteiger charge is 2.46. The van der Waals surface area contributed by atoms with Crippen molar-refractivity contribution in [2.75, 3.05) is 26.2 Å². The first kappa shape index (κ1) is 15.7. The van der Waals surface area contributed by atoms with Crippen molar-refractivity contribution < 1.29 is 9.18 Å². The number of hydrogen-bond donors (Lipinski definition) is 0. The van der Waals surface area contributed by atoms with E-state index in [-0.39, 0.29) is 17.1 Å². The molecule has 3 heterocycles. The Balaban J connectivity index is 1.29. The van der Waals surface area contributed by atoms with Gasteiger partial charge in [-0.15, -0.1) is 11.3 Å². The number of piperidine rings is 1. The predicted octanol–water partition coefficient (Wildman–Crippen LogP) is 3.02. The molecule has 1 amide bonds. The molecular weight excluding hydrogens is 325 g/mol. The minimum Gasteiger partial charge on any atom is -0.336 e. The van der Waals surface area contributed by atoms with E-state index in [2.05, 4.69) is 9.88 Å². The van der Waals surface area contributed by atoms with Crippen molar-refractivity contribution >= 4 is 17.2 Å². The summed E-state index contributed by atoms with van der Waals surface area (Å²) in [5.74, 6) is -0.111. The highest BCUT2D eigenvalue weighted by Crippen LogP contribution is 2.41. The van der Waals surface area contributed by atoms with Crippen LogP contribution in [0.25, 0.3) is 0 Å². The zero-order valence-electron chi connectivity index (χ0n) is 13.4. The van der Waals surface area contributed by atoms with E-state index >= 15 is 0 Å². The molecule has 0 N–H and O–H groups in total. The average molecular weight is 345 g/mol. The number of aromatic nitrogens is 1. The van der Waals surface area contributed by atoms with Crippen molar-refractivity contribution in [3.63, 3.8) is 0 Å². The fourth-order valence-corrected chi connectivity index (χ4v) is 4.31. The third-order valence-corrected chi connectivity index (χ3v) is 5.79. The molecule has 0 aliphatic carbocycles. The van der Waals surface area contributed by atoms with Gasteiger partial charge in [-0.25, -0.2) is 9.37 Å². The van der Waals surface area contributed by atoms with Crippen LogP contribution in [0.4, 0.5) is 4.39 Å². The Hall–Kier alpha value is -1.79. The van der Waals surface area contributed by atoms with Gasteiger partial charge in [-0.2, -0.15) is 0 Å². The number of benzene rings is 1. The molecular formula is C18H20FN3OS. The van der Waals surface area contributed by atoms with Crippen LogP contribution in [0.15, 0.2) is 35.2 Å². The highest BCUT2D eigenvalue weighted by atomic mass is 32.1. The van der Waals surface area contributed by atoms with Gasteiger partial charge < -0.3 is 4.90 Å². The van der Waals surface area contributed by atoms with E-state index in [0.717, 1.165) is 51.1 Å². The number of amides is 1. The fraction of sp³-hybridized carbons (Fsp3) is 0.444. The average Bonchev–Trinajstić information content (AvgIpc) is 3.07. The minimum atomic E-state index is -0.170. The number of carbonyl (C=O) groups is 1. The highest BCUT2D eigenvalue weighted by molar-refractivity contribution is 7.07. The van der Waals surface area contributed by atoms with Gasteiger partial charge in [-0.3, -0.25) is 9.69 Å². The topological polar surface area (TPSA) is 36.4 Å². The molecule has 0 radical (unpaired) electrons. The molecule has 1 spiro atoms. The van der Waals surface area contributed by atoms with Gasteiger partial charge in [0, 0.05) is 30.4 Å². The number of carbonyl (C=O) groups excluding carboxylic acids is 1. The summed E-state index contributed by atoms with van der Waals surface area (Å²) in [5.41, 5.74) is 3.58. The van der Waals surface area contributed by atoms with Crippen LogP contribution < -0.4 is 0 Å². The quantitative estimate of drug-likeness (QED) is 0.858. The maximum atomic E-state index is 13.3. The van der Waals surface area contributed by atoms with E-state index in [1.54, 1.807) is 17.6 Å². The molecule has 4 nitrogen and oxygen atoms in total. The summed E-state index contributed by atoms with van der Waals surface area (Å²) in [4.78, 5) is 20.7. The zero-order chi connectivity index (χ0) is 16.6. The third-order valence-electron chi connectivity index (χ3n) is 5.20. The van der Waals surface area contributed by atoms with Crippen LogP contribution in [0.5, 0.6) is 0 Å². The molecule has 2 aliphatic rings. The number of nitrogens with zero attached hydrogens (tertiary/aromatic N) is 3. The number of likely N-dealkylation sites (tertiary alicyclic amines) is 2. The first-order valence-corrected chi connectivity index (χ1v) is 9.22. The SMILES string of the molecule is O=C(c1cscn1)N1CC2(CCN(Cc3cccc(F)c3)CC2)C1. The van der Waals surface area contributed by atoms with Crippen molar-refractivity contribution in [1.29, 1.82) is 0 Å². The van der Waals surface area contributed by atoms with Crippen LogP contribution in [0.2, 0.25) is 0 Å². The second-order valence-electron chi connectivity index (χ2n) is 6.94. The lowest BCUT2D eigenvalue weighted by Gasteiger charge is -2.53. The van der Waals surface area contributed by atoms with Crippen LogP contribution in [0.3, 0.4) is 0 Å². The predicted molar refractivity (Wildman–Crippen MR) is 91.4 cm³/mol. The van der Waals surface area contributed by atoms with Gasteiger partial charge in [0.25, 0.3) is 5.91 Å². The standard InChI is InChI=1S/C18H20FN3OS/c19-15-3-1-2-14(8-15)9-21-6-4-18(5-7-21)11-22(12-18)17(23)16-10-24-13-20-16/h1-3,8,10,13H,4-7,9,11-12H2. The molecule has 1 aromatic carbocycles. The zero-order valence-corrected chi connectivity index (χ0v) is 14.3. The molecule has 2 saturated heterocycles. The normalized spacial score (nSPS) is 20.1. The van der Waals surface area contributed by atoms with E-state index in [4.69, 9.17) is 0 Å². The molecule has 0 bridgehead atoms. The minimum absolute atomic E-state index is 0.0593. The Bertz CT molecular complexity index is 718.